The summed E-state index contributed by atoms with van der Waals surface area (Å²) < 4.78 is 18.6. The number of ether oxygens (including phenoxy) is 1. The molecule has 0 atom stereocenters. The van der Waals surface area contributed by atoms with Crippen molar-refractivity contribution in [2.45, 2.75) is 13.3 Å². The number of thiophene rings is 1. The lowest BCUT2D eigenvalue weighted by Gasteiger charge is -2.06. The van der Waals surface area contributed by atoms with Gasteiger partial charge in [0.2, 0.25) is 11.5 Å². The number of halogens is 1. The van der Waals surface area contributed by atoms with E-state index in [0.717, 1.165) is 23.4 Å². The highest BCUT2D eigenvalue weighted by atomic mass is 32.1. The third kappa shape index (κ3) is 3.43. The topological polar surface area (TPSA) is 69.4 Å². The second-order valence-corrected chi connectivity index (χ2v) is 5.34. The van der Waals surface area contributed by atoms with Crippen LogP contribution in [0.15, 0.2) is 30.3 Å². The number of benzene rings is 1. The van der Waals surface area contributed by atoms with E-state index in [4.69, 9.17) is 4.74 Å². The summed E-state index contributed by atoms with van der Waals surface area (Å²) in [6.45, 7) is 1.53. The Morgan fingerprint density at radius 1 is 1.38 bits per heavy atom. The molecule has 2 aromatic rings. The first-order valence-corrected chi connectivity index (χ1v) is 7.02. The van der Waals surface area contributed by atoms with Crippen LogP contribution in [0.5, 0.6) is 5.75 Å². The quantitative estimate of drug-likeness (QED) is 0.464. The summed E-state index contributed by atoms with van der Waals surface area (Å²) in [5, 5.41) is 10.8. The van der Waals surface area contributed by atoms with E-state index in [-0.39, 0.29) is 5.78 Å². The third-order valence-corrected chi connectivity index (χ3v) is 4.05. The van der Waals surface area contributed by atoms with E-state index in [2.05, 4.69) is 0 Å². The number of ketones is 1. The van der Waals surface area contributed by atoms with Gasteiger partial charge in [-0.1, -0.05) is 13.0 Å². The number of rotatable bonds is 6. The second-order valence-electron chi connectivity index (χ2n) is 4.18. The summed E-state index contributed by atoms with van der Waals surface area (Å²) in [5.41, 5.74) is -0.497. The van der Waals surface area contributed by atoms with Crippen molar-refractivity contribution in [2.75, 3.05) is 6.61 Å². The van der Waals surface area contributed by atoms with Gasteiger partial charge >= 0.3 is 5.69 Å². The number of nitro benzene ring substituents is 1. The maximum Gasteiger partial charge on any atom is 0.314 e. The molecule has 0 radical (unpaired) electrons. The van der Waals surface area contributed by atoms with E-state index in [9.17, 15) is 19.3 Å². The van der Waals surface area contributed by atoms with Crippen molar-refractivity contribution >= 4 is 22.8 Å². The minimum absolute atomic E-state index is 0.336. The van der Waals surface area contributed by atoms with Crippen molar-refractivity contribution < 1.29 is 18.8 Å². The Balaban J connectivity index is 2.13. The SMILES string of the molecule is CCc1ccc(C(=O)COc2c(F)cccc2[N+](=O)[O-])s1. The van der Waals surface area contributed by atoms with Gasteiger partial charge in [0.15, 0.2) is 12.4 Å². The van der Waals surface area contributed by atoms with Gasteiger partial charge in [-0.2, -0.15) is 0 Å². The molecular weight excluding hydrogens is 297 g/mol. The molecule has 0 N–H and O–H groups in total. The molecule has 0 aliphatic heterocycles. The fourth-order valence-electron chi connectivity index (χ4n) is 1.71. The molecule has 0 aliphatic carbocycles. The number of nitrogens with zero attached hydrogens (tertiary/aromatic N) is 1. The molecule has 1 aromatic carbocycles. The third-order valence-electron chi connectivity index (χ3n) is 2.78. The largest absolute Gasteiger partial charge is 0.476 e. The molecule has 2 rings (SSSR count). The molecule has 0 aliphatic rings. The number of hydrogen-bond acceptors (Lipinski definition) is 5. The lowest BCUT2D eigenvalue weighted by Crippen LogP contribution is -2.12. The molecule has 0 fully saturated rings. The summed E-state index contributed by atoms with van der Waals surface area (Å²) in [7, 11) is 0. The molecule has 7 heteroatoms. The number of Topliss-reactive ketones (excluding diaryl/α,β-unsaturated/α-hetero) is 1. The van der Waals surface area contributed by atoms with Crippen molar-refractivity contribution in [3.63, 3.8) is 0 Å². The Hall–Kier alpha value is -2.28. The molecule has 0 amide bonds. The first kappa shape index (κ1) is 15.1. The van der Waals surface area contributed by atoms with Crippen LogP contribution in [0.2, 0.25) is 0 Å². The van der Waals surface area contributed by atoms with Crippen molar-refractivity contribution in [1.82, 2.24) is 0 Å². The molecule has 5 nitrogen and oxygen atoms in total. The molecule has 110 valence electrons. The van der Waals surface area contributed by atoms with Crippen LogP contribution < -0.4 is 4.74 Å². The number of nitro groups is 1. The van der Waals surface area contributed by atoms with Gasteiger partial charge in [0.25, 0.3) is 0 Å². The van der Waals surface area contributed by atoms with Gasteiger partial charge in [-0.05, 0) is 24.6 Å². The predicted molar refractivity (Wildman–Crippen MR) is 76.6 cm³/mol. The van der Waals surface area contributed by atoms with Crippen molar-refractivity contribution in [2.24, 2.45) is 0 Å². The maximum absolute atomic E-state index is 13.6. The van der Waals surface area contributed by atoms with Gasteiger partial charge in [0.05, 0.1) is 9.80 Å². The number of para-hydroxylation sites is 1. The normalized spacial score (nSPS) is 10.4. The summed E-state index contributed by atoms with van der Waals surface area (Å²) in [6.07, 6.45) is 0.817. The van der Waals surface area contributed by atoms with E-state index < -0.39 is 28.8 Å². The molecule has 1 heterocycles. The van der Waals surface area contributed by atoms with Crippen molar-refractivity contribution in [1.29, 1.82) is 0 Å². The molecular formula is C14H12FNO4S. The van der Waals surface area contributed by atoms with E-state index in [0.29, 0.717) is 4.88 Å². The Bertz CT molecular complexity index is 683. The van der Waals surface area contributed by atoms with Crippen LogP contribution in [-0.4, -0.2) is 17.3 Å². The summed E-state index contributed by atoms with van der Waals surface area (Å²) in [6, 6.07) is 6.90. The van der Waals surface area contributed by atoms with Gasteiger partial charge < -0.3 is 4.74 Å². The van der Waals surface area contributed by atoms with Crippen LogP contribution in [0.4, 0.5) is 10.1 Å². The highest BCUT2D eigenvalue weighted by Gasteiger charge is 2.21. The first-order valence-electron chi connectivity index (χ1n) is 6.20. The van der Waals surface area contributed by atoms with Gasteiger partial charge in [-0.15, -0.1) is 11.3 Å². The van der Waals surface area contributed by atoms with E-state index in [1.165, 1.54) is 17.4 Å². The fourth-order valence-corrected chi connectivity index (χ4v) is 2.58. The van der Waals surface area contributed by atoms with E-state index in [1.54, 1.807) is 6.07 Å². The predicted octanol–water partition coefficient (Wildman–Crippen LogP) is 3.62. The highest BCUT2D eigenvalue weighted by molar-refractivity contribution is 7.14. The molecule has 0 spiro atoms. The van der Waals surface area contributed by atoms with Crippen LogP contribution in [0.25, 0.3) is 0 Å². The number of carbonyl (C=O) groups is 1. The van der Waals surface area contributed by atoms with Crippen LogP contribution in [-0.2, 0) is 6.42 Å². The Morgan fingerprint density at radius 3 is 2.76 bits per heavy atom. The zero-order valence-electron chi connectivity index (χ0n) is 11.2. The lowest BCUT2D eigenvalue weighted by molar-refractivity contribution is -0.386. The van der Waals surface area contributed by atoms with E-state index >= 15 is 0 Å². The smallest absolute Gasteiger partial charge is 0.314 e. The van der Waals surface area contributed by atoms with Gasteiger partial charge in [-0.25, -0.2) is 4.39 Å². The van der Waals surface area contributed by atoms with Crippen molar-refractivity contribution in [3.8, 4) is 5.75 Å². The van der Waals surface area contributed by atoms with Crippen LogP contribution in [0.1, 0.15) is 21.5 Å². The Morgan fingerprint density at radius 2 is 2.14 bits per heavy atom. The van der Waals surface area contributed by atoms with Crippen LogP contribution >= 0.6 is 11.3 Å². The fraction of sp³-hybridized carbons (Fsp3) is 0.214. The molecule has 0 saturated carbocycles. The Kier molecular flexibility index (Phi) is 4.64. The standard InChI is InChI=1S/C14H12FNO4S/c1-2-9-6-7-13(21-9)12(17)8-20-14-10(15)4-3-5-11(14)16(18)19/h3-7H,2,8H2,1H3. The zero-order valence-corrected chi connectivity index (χ0v) is 12.0. The van der Waals surface area contributed by atoms with Crippen LogP contribution in [0.3, 0.4) is 0 Å². The summed E-state index contributed by atoms with van der Waals surface area (Å²) in [5.74, 6) is -1.71. The monoisotopic (exact) mass is 309 g/mol. The Labute approximate surface area is 124 Å². The molecule has 0 bridgehead atoms. The molecule has 1 aromatic heterocycles. The molecule has 0 saturated heterocycles. The zero-order chi connectivity index (χ0) is 15.4. The number of carbonyl (C=O) groups excluding carboxylic acids is 1. The minimum atomic E-state index is -0.863. The summed E-state index contributed by atoms with van der Waals surface area (Å²) >= 11 is 1.33. The first-order chi connectivity index (χ1) is 10.0. The average Bonchev–Trinajstić information content (AvgIpc) is 2.94. The van der Waals surface area contributed by atoms with E-state index in [1.807, 2.05) is 13.0 Å². The van der Waals surface area contributed by atoms with Gasteiger partial charge in [0.1, 0.15) is 0 Å². The molecule has 0 unspecified atom stereocenters. The lowest BCUT2D eigenvalue weighted by atomic mass is 10.3. The minimum Gasteiger partial charge on any atom is -0.476 e. The average molecular weight is 309 g/mol. The molecule has 21 heavy (non-hydrogen) atoms. The van der Waals surface area contributed by atoms with Crippen molar-refractivity contribution in [3.05, 3.63) is 56.0 Å². The highest BCUT2D eigenvalue weighted by Crippen LogP contribution is 2.29. The maximum atomic E-state index is 13.6. The van der Waals surface area contributed by atoms with Gasteiger partial charge in [-0.3, -0.25) is 14.9 Å². The number of aryl methyl sites for hydroxylation is 1. The second kappa shape index (κ2) is 6.45. The number of hydrogen-bond donors (Lipinski definition) is 0. The van der Waals surface area contributed by atoms with Crippen LogP contribution in [0, 0.1) is 15.9 Å². The van der Waals surface area contributed by atoms with Gasteiger partial charge in [0, 0.05) is 10.9 Å². The summed E-state index contributed by atoms with van der Waals surface area (Å²) in [4.78, 5) is 23.5.